The molecule has 11 aromatic rings. The summed E-state index contributed by atoms with van der Waals surface area (Å²) in [5.41, 5.74) is 5.97. The lowest BCUT2D eigenvalue weighted by molar-refractivity contribution is 0.521. The Kier molecular flexibility index (Phi) is 123. The zero-order chi connectivity index (χ0) is 70.5. The van der Waals surface area contributed by atoms with Crippen LogP contribution in [-0.2, 0) is 7.05 Å². The maximum Gasteiger partial charge on any atom is 0.190 e. The molecule has 506 valence electrons. The fourth-order valence-electron chi connectivity index (χ4n) is 3.78. The summed E-state index contributed by atoms with van der Waals surface area (Å²) in [5, 5.41) is 9.38. The Hall–Kier alpha value is -6.94. The van der Waals surface area contributed by atoms with Gasteiger partial charge >= 0.3 is 0 Å². The predicted molar refractivity (Wildman–Crippen MR) is 397 cm³/mol. The summed E-state index contributed by atoms with van der Waals surface area (Å²) in [5.74, 6) is 2.54. The number of nitrogens with one attached hydrogen (secondary N) is 2. The number of nitrogens with zero attached hydrogens (tertiary/aromatic N) is 5. The summed E-state index contributed by atoms with van der Waals surface area (Å²) in [6.45, 7) is 63.7. The van der Waals surface area contributed by atoms with Gasteiger partial charge in [0.1, 0.15) is 24.0 Å². The average molecular weight is 1280 g/mol. The molecular weight excluding hydrogens is 1150 g/mol. The van der Waals surface area contributed by atoms with Crippen molar-refractivity contribution in [3.8, 4) is 0 Å². The van der Waals surface area contributed by atoms with E-state index in [1.165, 1.54) is 40.0 Å². The topological polar surface area (TPSA) is 154 Å². The molecule has 0 aromatic carbocycles. The zero-order valence-corrected chi connectivity index (χ0v) is 64.3. The number of hydrogen-bond donors (Lipinski definition) is 2. The third-order valence-corrected chi connectivity index (χ3v) is 9.44. The number of thiophene rings is 2. The Morgan fingerprint density at radius 3 is 1.17 bits per heavy atom. The molecule has 0 saturated heterocycles. The second-order valence-electron chi connectivity index (χ2n) is 13.5. The van der Waals surface area contributed by atoms with Crippen molar-refractivity contribution in [2.75, 3.05) is 0 Å². The fourth-order valence-corrected chi connectivity index (χ4v) is 5.41. The highest BCUT2D eigenvalue weighted by molar-refractivity contribution is 7.10. The number of furan rings is 2. The molecule has 0 saturated carbocycles. The Bertz CT molecular complexity index is 1830. The SMILES string of the molecule is CC.CC.CC.CC.CC.CC.CC.CC.CC.CC.CC.Cc1cc[nH]c1.Cc1ccc[nH]1.Cc1ccco1.Cc1cccs1.Cc1ccoc1.Cc1ccsc1.Cc1cnco1.Cc1cocn1.Cc1ncco1.Cc1nccs1.Cn1cccc1. The Balaban J connectivity index is -0.0000000798. The van der Waals surface area contributed by atoms with E-state index in [-0.39, 0.29) is 0 Å². The molecule has 0 radical (unpaired) electrons. The lowest BCUT2D eigenvalue weighted by Gasteiger charge is -1.79. The van der Waals surface area contributed by atoms with Gasteiger partial charge in [-0.2, -0.15) is 11.3 Å². The maximum absolute atomic E-state index is 4.83. The molecule has 15 heteroatoms. The van der Waals surface area contributed by atoms with Crippen LogP contribution in [0.3, 0.4) is 0 Å². The number of rotatable bonds is 0. The number of thiazole rings is 1. The molecule has 88 heavy (non-hydrogen) atoms. The summed E-state index contributed by atoms with van der Waals surface area (Å²) >= 11 is 5.18. The van der Waals surface area contributed by atoms with Crippen molar-refractivity contribution >= 4 is 34.0 Å². The lowest BCUT2D eigenvalue weighted by atomic mass is 10.4. The van der Waals surface area contributed by atoms with Gasteiger partial charge in [-0.05, 0) is 156 Å². The smallest absolute Gasteiger partial charge is 0.190 e. The van der Waals surface area contributed by atoms with Crippen LogP contribution in [0.1, 0.15) is 208 Å². The molecular formula is C73H131N7O5S3. The highest BCUT2D eigenvalue weighted by atomic mass is 32.1. The molecule has 0 spiro atoms. The molecule has 11 rings (SSSR count). The zero-order valence-electron chi connectivity index (χ0n) is 61.8. The van der Waals surface area contributed by atoms with Gasteiger partial charge in [-0.15, -0.1) is 22.7 Å². The lowest BCUT2D eigenvalue weighted by Crippen LogP contribution is -1.75. The fraction of sp³-hybridized carbons (Fsp3) is 0.452. The average Bonchev–Trinajstić information content (AvgIpc) is 4.40. The standard InChI is InChI=1S/3C5H7N.2C5H6O.2C5H6S.3C4H5NO.C4H5NS.11C2H6/c1-5-2-3-6-4-5;1-6-4-2-3-5-6;1-5-3-2-4-6-5;1-5-2-3-6-4-5;1-5-3-2-4-6-5;1-5-2-3-6-4-5;1-5-3-2-4-6-5;1-4-2-6-3-5-4;1-4-2-5-3-6-4;2*1-4-5-2-3-6-4;11*1-2/h2-4,6H,1H3;2-5H,1H3;2-4,6H,1H3;4*2-4H,1H3;4*2-3H,1H3;11*1-2H3. The number of H-pyrrole nitrogens is 2. The van der Waals surface area contributed by atoms with E-state index >= 15 is 0 Å². The van der Waals surface area contributed by atoms with Gasteiger partial charge in [-0.3, -0.25) is 4.98 Å². The Labute approximate surface area is 553 Å². The number of aryl methyl sites for hydroxylation is 11. The van der Waals surface area contributed by atoms with Gasteiger partial charge in [-0.25, -0.2) is 15.0 Å². The van der Waals surface area contributed by atoms with Crippen LogP contribution in [0.15, 0.2) is 204 Å². The molecule has 0 amide bonds. The monoisotopic (exact) mass is 1280 g/mol. The van der Waals surface area contributed by atoms with E-state index in [0.29, 0.717) is 0 Å². The molecule has 0 bridgehead atoms. The Morgan fingerprint density at radius 2 is 1.05 bits per heavy atom. The predicted octanol–water partition coefficient (Wildman–Crippen LogP) is 26.6. The second-order valence-corrected chi connectivity index (χ2v) is 16.5. The third kappa shape index (κ3) is 98.1. The largest absolute Gasteiger partial charge is 0.472 e. The molecule has 0 fully saturated rings. The minimum Gasteiger partial charge on any atom is -0.472 e. The quantitative estimate of drug-likeness (QED) is 0.151. The van der Waals surface area contributed by atoms with E-state index in [4.69, 9.17) is 17.7 Å². The van der Waals surface area contributed by atoms with E-state index in [2.05, 4.69) is 89.4 Å². The highest BCUT2D eigenvalue weighted by Crippen LogP contribution is 2.04. The van der Waals surface area contributed by atoms with Gasteiger partial charge in [0.05, 0.1) is 41.9 Å². The van der Waals surface area contributed by atoms with Crippen molar-refractivity contribution in [3.63, 3.8) is 0 Å². The van der Waals surface area contributed by atoms with Gasteiger partial charge < -0.3 is 36.6 Å². The molecule has 0 atom stereocenters. The van der Waals surface area contributed by atoms with Crippen LogP contribution in [-0.4, -0.2) is 34.5 Å². The van der Waals surface area contributed by atoms with Crippen LogP contribution in [0.2, 0.25) is 0 Å². The van der Waals surface area contributed by atoms with Crippen LogP contribution in [0.25, 0.3) is 0 Å². The van der Waals surface area contributed by atoms with E-state index in [0.717, 1.165) is 28.1 Å². The minimum atomic E-state index is 0.718. The number of aromatic amines is 2. The molecule has 12 nitrogen and oxygen atoms in total. The summed E-state index contributed by atoms with van der Waals surface area (Å²) in [6, 6.07) is 22.0. The summed E-state index contributed by atoms with van der Waals surface area (Å²) in [7, 11) is 2.00. The van der Waals surface area contributed by atoms with Crippen molar-refractivity contribution < 1.29 is 22.1 Å². The van der Waals surface area contributed by atoms with E-state index < -0.39 is 0 Å². The van der Waals surface area contributed by atoms with Crippen molar-refractivity contribution in [2.45, 2.75) is 222 Å². The molecule has 0 unspecified atom stereocenters. The van der Waals surface area contributed by atoms with Crippen molar-refractivity contribution in [3.05, 3.63) is 237 Å². The minimum absolute atomic E-state index is 0.718. The number of aromatic nitrogens is 7. The molecule has 11 heterocycles. The molecule has 2 N–H and O–H groups in total. The van der Waals surface area contributed by atoms with E-state index in [1.807, 2.05) is 290 Å². The van der Waals surface area contributed by atoms with Gasteiger partial charge in [-0.1, -0.05) is 158 Å². The number of hydrogen-bond acceptors (Lipinski definition) is 12. The summed E-state index contributed by atoms with van der Waals surface area (Å²) in [4.78, 5) is 22.4. The summed E-state index contributed by atoms with van der Waals surface area (Å²) < 4.78 is 25.6. The van der Waals surface area contributed by atoms with Crippen molar-refractivity contribution in [2.24, 2.45) is 7.05 Å². The molecule has 0 aliphatic carbocycles. The van der Waals surface area contributed by atoms with Gasteiger partial charge in [0, 0.05) is 67.1 Å². The van der Waals surface area contributed by atoms with Gasteiger partial charge in [0.2, 0.25) is 0 Å². The van der Waals surface area contributed by atoms with Crippen molar-refractivity contribution in [1.82, 2.24) is 34.5 Å². The van der Waals surface area contributed by atoms with E-state index in [1.54, 1.807) is 90.8 Å². The first-order chi connectivity index (χ1) is 42.8. The molecule has 11 aromatic heterocycles. The number of oxazole rings is 3. The summed E-state index contributed by atoms with van der Waals surface area (Å²) in [6.07, 6.45) is 25.9. The first-order valence-corrected chi connectivity index (χ1v) is 34.2. The maximum atomic E-state index is 4.83. The van der Waals surface area contributed by atoms with Gasteiger partial charge in [0.15, 0.2) is 18.7 Å². The Morgan fingerprint density at radius 1 is 0.443 bits per heavy atom. The highest BCUT2D eigenvalue weighted by Gasteiger charge is 1.81. The van der Waals surface area contributed by atoms with E-state index in [9.17, 15) is 0 Å². The third-order valence-electron chi connectivity index (χ3n) is 7.14. The van der Waals surface area contributed by atoms with Crippen LogP contribution < -0.4 is 0 Å². The first-order valence-electron chi connectivity index (χ1n) is 31.5. The first kappa shape index (κ1) is 106. The van der Waals surface area contributed by atoms with Crippen LogP contribution >= 0.6 is 34.0 Å². The molecule has 0 aliphatic heterocycles. The van der Waals surface area contributed by atoms with Crippen LogP contribution in [0.4, 0.5) is 0 Å². The van der Waals surface area contributed by atoms with Crippen molar-refractivity contribution in [1.29, 1.82) is 0 Å². The normalized spacial score (nSPS) is 7.38. The van der Waals surface area contributed by atoms with Crippen LogP contribution in [0, 0.1) is 69.2 Å². The second kappa shape index (κ2) is 102. The van der Waals surface area contributed by atoms with Crippen LogP contribution in [0.5, 0.6) is 0 Å². The van der Waals surface area contributed by atoms with Gasteiger partial charge in [0.25, 0.3) is 0 Å². The molecule has 0 aliphatic rings.